The van der Waals surface area contributed by atoms with E-state index in [1.54, 1.807) is 18.5 Å². The number of hydrogen-bond acceptors (Lipinski definition) is 4. The maximum Gasteiger partial charge on any atom is 0.238 e. The van der Waals surface area contributed by atoms with Gasteiger partial charge < -0.3 is 5.32 Å². The van der Waals surface area contributed by atoms with Crippen LogP contribution in [0, 0.1) is 5.82 Å². The first-order valence-electron chi connectivity index (χ1n) is 5.42. The molecule has 1 aromatic carbocycles. The van der Waals surface area contributed by atoms with Crippen molar-refractivity contribution in [3.63, 3.8) is 0 Å². The third kappa shape index (κ3) is 3.49. The zero-order valence-electron chi connectivity index (χ0n) is 9.88. The third-order valence-corrected chi connectivity index (χ3v) is 3.39. The number of nitrogens with two attached hydrogens (primary N) is 1. The van der Waals surface area contributed by atoms with Crippen LogP contribution < -0.4 is 10.5 Å². The number of nitrogens with one attached hydrogen (secondary N) is 1. The molecular formula is C12H12FN3O2S. The molecule has 1 aromatic heterocycles. The standard InChI is InChI=1S/C12H12FN3O2S/c13-11-6-10(19(14,17)18)3-4-12(11)16-8-9-2-1-5-15-7-9/h1-7,16H,8H2,(H2,14,17,18). The Kier molecular flexibility index (Phi) is 3.77. The number of halogens is 1. The van der Waals surface area contributed by atoms with Gasteiger partial charge in [-0.05, 0) is 29.8 Å². The minimum Gasteiger partial charge on any atom is -0.379 e. The highest BCUT2D eigenvalue weighted by Crippen LogP contribution is 2.18. The lowest BCUT2D eigenvalue weighted by Gasteiger charge is -2.08. The quantitative estimate of drug-likeness (QED) is 0.889. The molecule has 0 aliphatic carbocycles. The Morgan fingerprint density at radius 2 is 2.11 bits per heavy atom. The van der Waals surface area contributed by atoms with Crippen LogP contribution in [0.4, 0.5) is 10.1 Å². The van der Waals surface area contributed by atoms with E-state index >= 15 is 0 Å². The summed E-state index contributed by atoms with van der Waals surface area (Å²) in [5.41, 5.74) is 1.09. The SMILES string of the molecule is NS(=O)(=O)c1ccc(NCc2cccnc2)c(F)c1. The molecule has 0 saturated carbocycles. The first-order chi connectivity index (χ1) is 8.97. The van der Waals surface area contributed by atoms with Gasteiger partial charge in [-0.2, -0.15) is 0 Å². The Hall–Kier alpha value is -1.99. The predicted octanol–water partition coefficient (Wildman–Crippen LogP) is 1.48. The van der Waals surface area contributed by atoms with Crippen LogP contribution in [0.3, 0.4) is 0 Å². The fraction of sp³-hybridized carbons (Fsp3) is 0.0833. The average Bonchev–Trinajstić information content (AvgIpc) is 2.37. The summed E-state index contributed by atoms with van der Waals surface area (Å²) >= 11 is 0. The van der Waals surface area contributed by atoms with E-state index < -0.39 is 15.8 Å². The second-order valence-corrected chi connectivity index (χ2v) is 5.46. The predicted molar refractivity (Wildman–Crippen MR) is 69.3 cm³/mol. The topological polar surface area (TPSA) is 85.1 Å². The monoisotopic (exact) mass is 281 g/mol. The van der Waals surface area contributed by atoms with E-state index in [4.69, 9.17) is 5.14 Å². The highest BCUT2D eigenvalue weighted by molar-refractivity contribution is 7.89. The van der Waals surface area contributed by atoms with Gasteiger partial charge in [0, 0.05) is 18.9 Å². The minimum atomic E-state index is -3.89. The molecule has 0 fully saturated rings. The molecule has 0 unspecified atom stereocenters. The maximum atomic E-state index is 13.7. The first-order valence-corrected chi connectivity index (χ1v) is 6.96. The second-order valence-electron chi connectivity index (χ2n) is 3.90. The Morgan fingerprint density at radius 1 is 1.32 bits per heavy atom. The number of sulfonamides is 1. The van der Waals surface area contributed by atoms with Gasteiger partial charge in [-0.25, -0.2) is 17.9 Å². The summed E-state index contributed by atoms with van der Waals surface area (Å²) in [6.45, 7) is 0.388. The van der Waals surface area contributed by atoms with E-state index in [1.807, 2.05) is 6.07 Å². The van der Waals surface area contributed by atoms with Crippen molar-refractivity contribution < 1.29 is 12.8 Å². The molecule has 100 valence electrons. The number of aromatic nitrogens is 1. The summed E-state index contributed by atoms with van der Waals surface area (Å²) in [4.78, 5) is 3.68. The van der Waals surface area contributed by atoms with Crippen LogP contribution in [0.1, 0.15) is 5.56 Å². The van der Waals surface area contributed by atoms with E-state index in [0.717, 1.165) is 11.6 Å². The lowest BCUT2D eigenvalue weighted by molar-refractivity contribution is 0.593. The van der Waals surface area contributed by atoms with Gasteiger partial charge in [0.05, 0.1) is 10.6 Å². The Bertz CT molecular complexity index is 675. The third-order valence-electron chi connectivity index (χ3n) is 2.47. The van der Waals surface area contributed by atoms with Crippen LogP contribution in [0.15, 0.2) is 47.6 Å². The molecule has 19 heavy (non-hydrogen) atoms. The van der Waals surface area contributed by atoms with Gasteiger partial charge in [-0.15, -0.1) is 0 Å². The molecule has 0 radical (unpaired) electrons. The zero-order chi connectivity index (χ0) is 13.9. The molecule has 5 nitrogen and oxygen atoms in total. The van der Waals surface area contributed by atoms with E-state index in [0.29, 0.717) is 6.54 Å². The number of rotatable bonds is 4. The summed E-state index contributed by atoms with van der Waals surface area (Å²) in [7, 11) is -3.89. The fourth-order valence-electron chi connectivity index (χ4n) is 1.52. The molecule has 7 heteroatoms. The van der Waals surface area contributed by atoms with Gasteiger partial charge >= 0.3 is 0 Å². The van der Waals surface area contributed by atoms with Gasteiger partial charge in [-0.1, -0.05) is 6.07 Å². The van der Waals surface area contributed by atoms with Gasteiger partial charge in [0.15, 0.2) is 0 Å². The summed E-state index contributed by atoms with van der Waals surface area (Å²) in [6, 6.07) is 7.10. The highest BCUT2D eigenvalue weighted by atomic mass is 32.2. The summed E-state index contributed by atoms with van der Waals surface area (Å²) in [5.74, 6) is -0.671. The molecule has 2 rings (SSSR count). The molecule has 0 aliphatic heterocycles. The number of nitrogens with zero attached hydrogens (tertiary/aromatic N) is 1. The van der Waals surface area contributed by atoms with Crippen molar-refractivity contribution in [3.05, 3.63) is 54.1 Å². The Balaban J connectivity index is 2.14. The molecule has 3 N–H and O–H groups in total. The molecule has 2 aromatic rings. The summed E-state index contributed by atoms with van der Waals surface area (Å²) < 4.78 is 35.8. The lowest BCUT2D eigenvalue weighted by atomic mass is 10.2. The summed E-state index contributed by atoms with van der Waals surface area (Å²) in [6.07, 6.45) is 3.30. The normalized spacial score (nSPS) is 11.3. The van der Waals surface area contributed by atoms with Crippen LogP contribution in [0.5, 0.6) is 0 Å². The molecule has 1 heterocycles. The van der Waals surface area contributed by atoms with Crippen LogP contribution >= 0.6 is 0 Å². The molecule has 0 atom stereocenters. The average molecular weight is 281 g/mol. The molecule has 0 bridgehead atoms. The van der Waals surface area contributed by atoms with Crippen molar-refractivity contribution >= 4 is 15.7 Å². The lowest BCUT2D eigenvalue weighted by Crippen LogP contribution is -2.12. The number of hydrogen-bond donors (Lipinski definition) is 2. The molecular weight excluding hydrogens is 269 g/mol. The minimum absolute atomic E-state index is 0.205. The van der Waals surface area contributed by atoms with Crippen molar-refractivity contribution in [2.45, 2.75) is 11.4 Å². The van der Waals surface area contributed by atoms with Crippen molar-refractivity contribution in [1.82, 2.24) is 4.98 Å². The second kappa shape index (κ2) is 5.33. The Labute approximate surface area is 110 Å². The number of benzene rings is 1. The smallest absolute Gasteiger partial charge is 0.238 e. The van der Waals surface area contributed by atoms with E-state index in [2.05, 4.69) is 10.3 Å². The number of anilines is 1. The molecule has 0 spiro atoms. The number of pyridine rings is 1. The Morgan fingerprint density at radius 3 is 2.68 bits per heavy atom. The highest BCUT2D eigenvalue weighted by Gasteiger charge is 2.11. The zero-order valence-corrected chi connectivity index (χ0v) is 10.7. The molecule has 0 aliphatic rings. The van der Waals surface area contributed by atoms with Crippen LogP contribution in [-0.4, -0.2) is 13.4 Å². The maximum absolute atomic E-state index is 13.7. The van der Waals surface area contributed by atoms with Crippen molar-refractivity contribution in [2.75, 3.05) is 5.32 Å². The van der Waals surface area contributed by atoms with Gasteiger partial charge in [0.2, 0.25) is 10.0 Å². The van der Waals surface area contributed by atoms with Crippen molar-refractivity contribution in [2.24, 2.45) is 5.14 Å². The van der Waals surface area contributed by atoms with Crippen molar-refractivity contribution in [3.8, 4) is 0 Å². The fourth-order valence-corrected chi connectivity index (χ4v) is 2.04. The van der Waals surface area contributed by atoms with E-state index in [9.17, 15) is 12.8 Å². The van der Waals surface area contributed by atoms with Crippen molar-refractivity contribution in [1.29, 1.82) is 0 Å². The van der Waals surface area contributed by atoms with Gasteiger partial charge in [0.1, 0.15) is 5.82 Å². The van der Waals surface area contributed by atoms with E-state index in [-0.39, 0.29) is 10.6 Å². The van der Waals surface area contributed by atoms with Gasteiger partial charge in [0.25, 0.3) is 0 Å². The molecule has 0 saturated heterocycles. The summed E-state index contributed by atoms with van der Waals surface area (Å²) in [5, 5.41) is 7.77. The van der Waals surface area contributed by atoms with Crippen LogP contribution in [-0.2, 0) is 16.6 Å². The molecule has 0 amide bonds. The van der Waals surface area contributed by atoms with E-state index in [1.165, 1.54) is 12.1 Å². The van der Waals surface area contributed by atoms with Gasteiger partial charge in [-0.3, -0.25) is 4.98 Å². The largest absolute Gasteiger partial charge is 0.379 e. The van der Waals surface area contributed by atoms with Crippen LogP contribution in [0.25, 0.3) is 0 Å². The first kappa shape index (κ1) is 13.4. The number of primary sulfonamides is 1. The van der Waals surface area contributed by atoms with Crippen LogP contribution in [0.2, 0.25) is 0 Å².